The second kappa shape index (κ2) is 4.39. The highest BCUT2D eigenvalue weighted by Crippen LogP contribution is 2.31. The number of alkyl halides is 3. The van der Waals surface area contributed by atoms with E-state index in [1.54, 1.807) is 0 Å². The largest absolute Gasteiger partial charge is 0.416 e. The highest BCUT2D eigenvalue weighted by Gasteiger charge is 2.32. The second-order valence-electron chi connectivity index (χ2n) is 3.54. The summed E-state index contributed by atoms with van der Waals surface area (Å²) in [6.45, 7) is 1.32. The quantitative estimate of drug-likeness (QED) is 0.775. The lowest BCUT2D eigenvalue weighted by molar-refractivity contribution is -0.137. The van der Waals surface area contributed by atoms with Crippen LogP contribution in [0.25, 0.3) is 0 Å². The molecule has 0 saturated heterocycles. The van der Waals surface area contributed by atoms with E-state index in [1.807, 2.05) is 0 Å². The predicted molar refractivity (Wildman–Crippen MR) is 50.0 cm³/mol. The predicted octanol–water partition coefficient (Wildman–Crippen LogP) is 2.23. The number of benzene rings is 1. The van der Waals surface area contributed by atoms with Crippen LogP contribution in [0.1, 0.15) is 24.1 Å². The Kier molecular flexibility index (Phi) is 3.54. The SMILES string of the molecule is C[C@H](O)[C@H](N)c1cc(F)cc(C(F)(F)F)c1. The average molecular weight is 237 g/mol. The van der Waals surface area contributed by atoms with Gasteiger partial charge in [0.1, 0.15) is 5.82 Å². The summed E-state index contributed by atoms with van der Waals surface area (Å²) < 4.78 is 50.0. The van der Waals surface area contributed by atoms with Crippen molar-refractivity contribution in [2.24, 2.45) is 5.73 Å². The molecule has 1 aromatic carbocycles. The Morgan fingerprint density at radius 3 is 2.25 bits per heavy atom. The van der Waals surface area contributed by atoms with E-state index in [-0.39, 0.29) is 5.56 Å². The first kappa shape index (κ1) is 12.9. The van der Waals surface area contributed by atoms with Crippen molar-refractivity contribution in [1.29, 1.82) is 0 Å². The maximum absolute atomic E-state index is 12.9. The zero-order chi connectivity index (χ0) is 12.5. The summed E-state index contributed by atoms with van der Waals surface area (Å²) in [5, 5.41) is 9.13. The molecule has 0 fully saturated rings. The first-order valence-corrected chi connectivity index (χ1v) is 4.53. The molecule has 0 unspecified atom stereocenters. The van der Waals surface area contributed by atoms with E-state index in [0.29, 0.717) is 6.07 Å². The van der Waals surface area contributed by atoms with Gasteiger partial charge in [0.05, 0.1) is 17.7 Å². The van der Waals surface area contributed by atoms with Crippen LogP contribution in [-0.2, 0) is 6.18 Å². The van der Waals surface area contributed by atoms with Gasteiger partial charge in [-0.15, -0.1) is 0 Å². The maximum Gasteiger partial charge on any atom is 0.416 e. The molecule has 1 aromatic rings. The van der Waals surface area contributed by atoms with Crippen molar-refractivity contribution in [2.75, 3.05) is 0 Å². The lowest BCUT2D eigenvalue weighted by Gasteiger charge is -2.17. The smallest absolute Gasteiger partial charge is 0.391 e. The number of rotatable bonds is 2. The number of halogens is 4. The number of hydrogen-bond donors (Lipinski definition) is 2. The molecule has 1 rings (SSSR count). The maximum atomic E-state index is 12.9. The standard InChI is InChI=1S/C10H11F4NO/c1-5(16)9(15)6-2-7(10(12,13)14)4-8(11)3-6/h2-5,9,16H,15H2,1H3/t5-,9-/m0/s1. The van der Waals surface area contributed by atoms with E-state index >= 15 is 0 Å². The average Bonchev–Trinajstić information content (AvgIpc) is 2.14. The van der Waals surface area contributed by atoms with Crippen LogP contribution < -0.4 is 5.73 Å². The van der Waals surface area contributed by atoms with E-state index in [2.05, 4.69) is 0 Å². The Morgan fingerprint density at radius 1 is 1.25 bits per heavy atom. The molecule has 0 radical (unpaired) electrons. The summed E-state index contributed by atoms with van der Waals surface area (Å²) in [4.78, 5) is 0. The Bertz CT molecular complexity index is 376. The van der Waals surface area contributed by atoms with Crippen LogP contribution in [0, 0.1) is 5.82 Å². The van der Waals surface area contributed by atoms with Crippen molar-refractivity contribution < 1.29 is 22.7 Å². The molecule has 0 bridgehead atoms. The monoisotopic (exact) mass is 237 g/mol. The van der Waals surface area contributed by atoms with Gasteiger partial charge < -0.3 is 10.8 Å². The summed E-state index contributed by atoms with van der Waals surface area (Å²) >= 11 is 0. The van der Waals surface area contributed by atoms with Gasteiger partial charge in [-0.25, -0.2) is 4.39 Å². The highest BCUT2D eigenvalue weighted by molar-refractivity contribution is 5.29. The summed E-state index contributed by atoms with van der Waals surface area (Å²) in [5.74, 6) is -1.03. The third kappa shape index (κ3) is 2.93. The van der Waals surface area contributed by atoms with Crippen LogP contribution in [0.5, 0.6) is 0 Å². The van der Waals surface area contributed by atoms with E-state index in [1.165, 1.54) is 6.92 Å². The molecule has 90 valence electrons. The number of nitrogens with two attached hydrogens (primary N) is 1. The number of aliphatic hydroxyl groups is 1. The van der Waals surface area contributed by atoms with Gasteiger partial charge in [0.15, 0.2) is 0 Å². The topological polar surface area (TPSA) is 46.2 Å². The normalized spacial score (nSPS) is 15.9. The van der Waals surface area contributed by atoms with Gasteiger partial charge in [-0.05, 0) is 30.7 Å². The van der Waals surface area contributed by atoms with Gasteiger partial charge in [0, 0.05) is 0 Å². The van der Waals surface area contributed by atoms with Gasteiger partial charge in [-0.3, -0.25) is 0 Å². The molecule has 0 aliphatic carbocycles. The Balaban J connectivity index is 3.18. The summed E-state index contributed by atoms with van der Waals surface area (Å²) in [7, 11) is 0. The van der Waals surface area contributed by atoms with E-state index < -0.39 is 29.7 Å². The number of hydrogen-bond acceptors (Lipinski definition) is 2. The summed E-state index contributed by atoms with van der Waals surface area (Å²) in [6, 6.07) is 0.961. The van der Waals surface area contributed by atoms with Crippen molar-refractivity contribution in [3.05, 3.63) is 35.1 Å². The van der Waals surface area contributed by atoms with E-state index in [0.717, 1.165) is 12.1 Å². The number of aliphatic hydroxyl groups excluding tert-OH is 1. The Labute approximate surface area is 89.7 Å². The minimum atomic E-state index is -4.63. The minimum absolute atomic E-state index is 0.0812. The van der Waals surface area contributed by atoms with Crippen molar-refractivity contribution in [3.8, 4) is 0 Å². The fourth-order valence-electron chi connectivity index (χ4n) is 1.25. The third-order valence-corrected chi connectivity index (χ3v) is 2.15. The van der Waals surface area contributed by atoms with Crippen molar-refractivity contribution in [2.45, 2.75) is 25.2 Å². The van der Waals surface area contributed by atoms with Crippen LogP contribution in [0.15, 0.2) is 18.2 Å². The molecule has 3 N–H and O–H groups in total. The van der Waals surface area contributed by atoms with Crippen LogP contribution in [-0.4, -0.2) is 11.2 Å². The lowest BCUT2D eigenvalue weighted by Crippen LogP contribution is -2.24. The van der Waals surface area contributed by atoms with Gasteiger partial charge in [0.25, 0.3) is 0 Å². The fourth-order valence-corrected chi connectivity index (χ4v) is 1.25. The summed E-state index contributed by atoms with van der Waals surface area (Å²) in [5.41, 5.74) is 4.24. The van der Waals surface area contributed by atoms with E-state index in [9.17, 15) is 17.6 Å². The molecule has 0 heterocycles. The van der Waals surface area contributed by atoms with E-state index in [4.69, 9.17) is 10.8 Å². The van der Waals surface area contributed by atoms with Gasteiger partial charge >= 0.3 is 6.18 Å². The molecule has 16 heavy (non-hydrogen) atoms. The summed E-state index contributed by atoms with van der Waals surface area (Å²) in [6.07, 6.45) is -5.68. The molecule has 0 aromatic heterocycles. The minimum Gasteiger partial charge on any atom is -0.391 e. The Hall–Kier alpha value is -1.14. The van der Waals surface area contributed by atoms with Crippen LogP contribution in [0.3, 0.4) is 0 Å². The van der Waals surface area contributed by atoms with Gasteiger partial charge in [-0.2, -0.15) is 13.2 Å². The molecule has 2 nitrogen and oxygen atoms in total. The molecule has 0 aliphatic heterocycles. The van der Waals surface area contributed by atoms with Crippen molar-refractivity contribution in [1.82, 2.24) is 0 Å². The van der Waals surface area contributed by atoms with Crippen LogP contribution in [0.2, 0.25) is 0 Å². The highest BCUT2D eigenvalue weighted by atomic mass is 19.4. The third-order valence-electron chi connectivity index (χ3n) is 2.15. The van der Waals surface area contributed by atoms with Crippen LogP contribution >= 0.6 is 0 Å². The van der Waals surface area contributed by atoms with Gasteiger partial charge in [-0.1, -0.05) is 0 Å². The lowest BCUT2D eigenvalue weighted by atomic mass is 10.0. The van der Waals surface area contributed by atoms with Gasteiger partial charge in [0.2, 0.25) is 0 Å². The zero-order valence-corrected chi connectivity index (χ0v) is 8.42. The molecule has 0 saturated carbocycles. The molecule has 0 spiro atoms. The second-order valence-corrected chi connectivity index (χ2v) is 3.54. The van der Waals surface area contributed by atoms with Crippen molar-refractivity contribution in [3.63, 3.8) is 0 Å². The fraction of sp³-hybridized carbons (Fsp3) is 0.400. The molecule has 0 aliphatic rings. The molecule has 2 atom stereocenters. The Morgan fingerprint density at radius 2 is 1.81 bits per heavy atom. The zero-order valence-electron chi connectivity index (χ0n) is 8.42. The first-order chi connectivity index (χ1) is 7.21. The van der Waals surface area contributed by atoms with Crippen molar-refractivity contribution >= 4 is 0 Å². The van der Waals surface area contributed by atoms with Crippen LogP contribution in [0.4, 0.5) is 17.6 Å². The molecule has 0 amide bonds. The molecular weight excluding hydrogens is 226 g/mol. The molecular formula is C10H11F4NO. The first-order valence-electron chi connectivity index (χ1n) is 4.53. The molecule has 6 heteroatoms.